The summed E-state index contributed by atoms with van der Waals surface area (Å²) in [6.07, 6.45) is 2.22. The third-order valence-electron chi connectivity index (χ3n) is 4.38. The summed E-state index contributed by atoms with van der Waals surface area (Å²) in [5.41, 5.74) is 5.65. The molecule has 2 aromatic rings. The molecule has 0 saturated heterocycles. The summed E-state index contributed by atoms with van der Waals surface area (Å²) in [7, 11) is 2.14. The second kappa shape index (κ2) is 5.84. The van der Waals surface area contributed by atoms with Gasteiger partial charge in [-0.15, -0.1) is 0 Å². The van der Waals surface area contributed by atoms with E-state index in [9.17, 15) is 0 Å². The van der Waals surface area contributed by atoms with Crippen LogP contribution in [0.25, 0.3) is 11.3 Å². The zero-order chi connectivity index (χ0) is 16.7. The average molecular weight is 357 g/mol. The van der Waals surface area contributed by atoms with Crippen LogP contribution in [0.1, 0.15) is 31.9 Å². The molecule has 22 heavy (non-hydrogen) atoms. The first-order chi connectivity index (χ1) is 10.00. The molecule has 1 aromatic carbocycles. The normalized spacial score (nSPS) is 12.5. The summed E-state index contributed by atoms with van der Waals surface area (Å²) in [5.74, 6) is 7.36. The maximum absolute atomic E-state index is 2.45. The van der Waals surface area contributed by atoms with Crippen LogP contribution in [0, 0.1) is 6.92 Å². The van der Waals surface area contributed by atoms with E-state index < -0.39 is 13.3 Å². The molecule has 0 saturated carbocycles. The van der Waals surface area contributed by atoms with Crippen LogP contribution in [0.3, 0.4) is 0 Å². The van der Waals surface area contributed by atoms with Crippen molar-refractivity contribution in [2.75, 3.05) is 0 Å². The molecule has 1 nitrogen and oxygen atoms in total. The second-order valence-corrected chi connectivity index (χ2v) is 19.1. The van der Waals surface area contributed by atoms with Crippen molar-refractivity contribution in [3.8, 4) is 11.3 Å². The third kappa shape index (κ3) is 3.63. The Labute approximate surface area is 138 Å². The van der Waals surface area contributed by atoms with Crippen LogP contribution in [-0.2, 0) is 12.5 Å². The van der Waals surface area contributed by atoms with Crippen molar-refractivity contribution in [3.05, 3.63) is 47.7 Å². The van der Waals surface area contributed by atoms with Crippen molar-refractivity contribution in [2.45, 2.75) is 50.4 Å². The molecule has 0 aliphatic carbocycles. The molecule has 1 aromatic heterocycles. The molecular weight excluding hydrogens is 327 g/mol. The Bertz CT molecular complexity index is 688. The molecule has 0 N–H and O–H groups in total. The fraction of sp³-hybridized carbons (Fsp3) is 0.450. The summed E-state index contributed by atoms with van der Waals surface area (Å²) < 4.78 is 3.81. The number of benzene rings is 1. The van der Waals surface area contributed by atoms with Crippen LogP contribution >= 0.6 is 0 Å². The van der Waals surface area contributed by atoms with E-state index in [4.69, 9.17) is 0 Å². The summed E-state index contributed by atoms with van der Waals surface area (Å²) in [5, 5.41) is 0. The zero-order valence-corrected chi connectivity index (χ0v) is 17.5. The molecule has 118 valence electrons. The van der Waals surface area contributed by atoms with Crippen molar-refractivity contribution >= 4 is 17.7 Å². The number of hydrogen-bond acceptors (Lipinski definition) is 0. The minimum absolute atomic E-state index is 0.202. The summed E-state index contributed by atoms with van der Waals surface area (Å²) >= 11 is -1.80. The van der Waals surface area contributed by atoms with Crippen LogP contribution in [0.15, 0.2) is 36.5 Å². The third-order valence-corrected chi connectivity index (χ3v) is 8.67. The number of aromatic nitrogens is 1. The molecule has 0 aliphatic rings. The van der Waals surface area contributed by atoms with E-state index in [0.29, 0.717) is 0 Å². The molecule has 0 radical (unpaired) electrons. The second-order valence-electron chi connectivity index (χ2n) is 8.44. The van der Waals surface area contributed by atoms with Crippen molar-refractivity contribution in [1.29, 1.82) is 0 Å². The van der Waals surface area contributed by atoms with Crippen LogP contribution in [0.2, 0.25) is 17.3 Å². The molecule has 0 amide bonds. The van der Waals surface area contributed by atoms with Crippen LogP contribution in [0.4, 0.5) is 0 Å². The SMILES string of the molecule is Cc1cc(C(C)(C)C)ccc1-c1c[c]([Ge]([CH3])([CH3])[CH3])cc[n+]1C. The number of pyridine rings is 1. The Balaban J connectivity index is 2.57. The van der Waals surface area contributed by atoms with Crippen LogP contribution < -0.4 is 8.96 Å². The van der Waals surface area contributed by atoms with Gasteiger partial charge in [0.2, 0.25) is 0 Å². The minimum atomic E-state index is -1.80. The maximum atomic E-state index is 2.45. The van der Waals surface area contributed by atoms with Crippen molar-refractivity contribution in [1.82, 2.24) is 0 Å². The number of aryl methyl sites for hydroxylation is 2. The number of nitrogens with zero attached hydrogens (tertiary/aromatic N) is 1. The molecule has 0 aliphatic heterocycles. The first kappa shape index (κ1) is 17.3. The molecule has 0 atom stereocenters. The number of rotatable bonds is 2. The Hall–Kier alpha value is -1.09. The van der Waals surface area contributed by atoms with E-state index in [1.165, 1.54) is 22.4 Å². The molecule has 1 heterocycles. The molecule has 0 unspecified atom stereocenters. The zero-order valence-electron chi connectivity index (χ0n) is 15.4. The quantitative estimate of drug-likeness (QED) is 0.557. The van der Waals surface area contributed by atoms with Crippen LogP contribution in [0.5, 0.6) is 0 Å². The average Bonchev–Trinajstić information content (AvgIpc) is 2.37. The van der Waals surface area contributed by atoms with Crippen molar-refractivity contribution in [2.24, 2.45) is 7.05 Å². The van der Waals surface area contributed by atoms with Crippen LogP contribution in [-0.4, -0.2) is 13.3 Å². The Kier molecular flexibility index (Phi) is 4.59. The van der Waals surface area contributed by atoms with Crippen molar-refractivity contribution in [3.63, 3.8) is 0 Å². The van der Waals surface area contributed by atoms with Gasteiger partial charge in [0.1, 0.15) is 0 Å². The van der Waals surface area contributed by atoms with Gasteiger partial charge in [0.05, 0.1) is 0 Å². The van der Waals surface area contributed by atoms with E-state index in [2.05, 4.69) is 93.1 Å². The van der Waals surface area contributed by atoms with Gasteiger partial charge in [-0.3, -0.25) is 0 Å². The van der Waals surface area contributed by atoms with Gasteiger partial charge in [0.15, 0.2) is 0 Å². The van der Waals surface area contributed by atoms with Gasteiger partial charge >= 0.3 is 139 Å². The number of hydrogen-bond donors (Lipinski definition) is 0. The van der Waals surface area contributed by atoms with Gasteiger partial charge < -0.3 is 0 Å². The van der Waals surface area contributed by atoms with Gasteiger partial charge in [-0.05, 0) is 0 Å². The summed E-state index contributed by atoms with van der Waals surface area (Å²) in [6, 6.07) is 11.7. The fourth-order valence-corrected chi connectivity index (χ4v) is 5.12. The Morgan fingerprint density at radius 1 is 0.955 bits per heavy atom. The first-order valence-electron chi connectivity index (χ1n) is 8.12. The van der Waals surface area contributed by atoms with E-state index in [-0.39, 0.29) is 5.41 Å². The van der Waals surface area contributed by atoms with Gasteiger partial charge in [0, 0.05) is 0 Å². The molecule has 0 fully saturated rings. The van der Waals surface area contributed by atoms with Gasteiger partial charge in [0.25, 0.3) is 0 Å². The van der Waals surface area contributed by atoms with Gasteiger partial charge in [-0.2, -0.15) is 0 Å². The van der Waals surface area contributed by atoms with E-state index in [0.717, 1.165) is 0 Å². The monoisotopic (exact) mass is 358 g/mol. The predicted molar refractivity (Wildman–Crippen MR) is 99.5 cm³/mol. The molecular formula is C20H30GeN+. The molecule has 2 rings (SSSR count). The summed E-state index contributed by atoms with van der Waals surface area (Å²) in [6.45, 7) is 9.05. The van der Waals surface area contributed by atoms with E-state index in [1.54, 1.807) is 4.40 Å². The van der Waals surface area contributed by atoms with E-state index >= 15 is 0 Å². The fourth-order valence-electron chi connectivity index (χ4n) is 2.72. The molecule has 0 spiro atoms. The standard InChI is InChI=1S/C20H30GeN/c1-15-13-16(20(2,3)4)9-10-18(15)19-14-17(21(5,6)7)11-12-22(19)8/h9-14H,1-8H3/q+1. The molecule has 0 bridgehead atoms. The predicted octanol–water partition coefficient (Wildman–Crippen LogP) is 4.33. The Morgan fingerprint density at radius 3 is 2.09 bits per heavy atom. The Morgan fingerprint density at radius 2 is 1.59 bits per heavy atom. The van der Waals surface area contributed by atoms with E-state index in [1.807, 2.05) is 0 Å². The first-order valence-corrected chi connectivity index (χ1v) is 15.5. The van der Waals surface area contributed by atoms with Crippen molar-refractivity contribution < 1.29 is 4.57 Å². The summed E-state index contributed by atoms with van der Waals surface area (Å²) in [4.78, 5) is 0. The van der Waals surface area contributed by atoms with Gasteiger partial charge in [-0.1, -0.05) is 0 Å². The van der Waals surface area contributed by atoms with Gasteiger partial charge in [-0.25, -0.2) is 0 Å². The molecule has 2 heteroatoms. The topological polar surface area (TPSA) is 3.88 Å².